The van der Waals surface area contributed by atoms with E-state index in [9.17, 15) is 4.79 Å². The maximum absolute atomic E-state index is 13.4. The van der Waals surface area contributed by atoms with Gasteiger partial charge >= 0.3 is 0 Å². The van der Waals surface area contributed by atoms with Crippen molar-refractivity contribution in [3.63, 3.8) is 0 Å². The van der Waals surface area contributed by atoms with E-state index >= 15 is 0 Å². The summed E-state index contributed by atoms with van der Waals surface area (Å²) in [5, 5.41) is 0.361. The molecule has 2 aromatic rings. The van der Waals surface area contributed by atoms with Crippen molar-refractivity contribution >= 4 is 17.5 Å². The SMILES string of the molecule is CCCOc1c(Cl)cc(C(=O)N(Cc2cccnc2)CC2CCCO2)cc1OC. The fraction of sp³-hybridized carbons (Fsp3) is 0.455. The highest BCUT2D eigenvalue weighted by Gasteiger charge is 2.25. The second kappa shape index (κ2) is 10.5. The Balaban J connectivity index is 1.86. The van der Waals surface area contributed by atoms with Gasteiger partial charge in [-0.2, -0.15) is 0 Å². The van der Waals surface area contributed by atoms with Crippen LogP contribution in [0.15, 0.2) is 36.7 Å². The predicted molar refractivity (Wildman–Crippen MR) is 112 cm³/mol. The van der Waals surface area contributed by atoms with Gasteiger partial charge in [0.15, 0.2) is 11.5 Å². The Morgan fingerprint density at radius 3 is 2.93 bits per heavy atom. The summed E-state index contributed by atoms with van der Waals surface area (Å²) in [4.78, 5) is 19.3. The quantitative estimate of drug-likeness (QED) is 0.605. The van der Waals surface area contributed by atoms with Gasteiger partial charge in [0, 0.05) is 37.7 Å². The second-order valence-electron chi connectivity index (χ2n) is 7.02. The van der Waals surface area contributed by atoms with E-state index in [2.05, 4.69) is 4.98 Å². The monoisotopic (exact) mass is 418 g/mol. The highest BCUT2D eigenvalue weighted by Crippen LogP contribution is 2.37. The number of aromatic nitrogens is 1. The second-order valence-corrected chi connectivity index (χ2v) is 7.43. The number of hydrogen-bond donors (Lipinski definition) is 0. The molecule has 1 atom stereocenters. The summed E-state index contributed by atoms with van der Waals surface area (Å²) in [6, 6.07) is 7.15. The molecule has 156 valence electrons. The highest BCUT2D eigenvalue weighted by molar-refractivity contribution is 6.32. The van der Waals surface area contributed by atoms with Gasteiger partial charge in [0.1, 0.15) is 0 Å². The Bertz CT molecular complexity index is 810. The van der Waals surface area contributed by atoms with E-state index < -0.39 is 0 Å². The first-order valence-electron chi connectivity index (χ1n) is 9.92. The lowest BCUT2D eigenvalue weighted by Gasteiger charge is -2.26. The van der Waals surface area contributed by atoms with Crippen molar-refractivity contribution in [1.82, 2.24) is 9.88 Å². The number of rotatable bonds is 9. The molecule has 1 saturated heterocycles. The molecule has 7 heteroatoms. The fourth-order valence-electron chi connectivity index (χ4n) is 3.34. The minimum Gasteiger partial charge on any atom is -0.493 e. The molecule has 29 heavy (non-hydrogen) atoms. The average molecular weight is 419 g/mol. The molecule has 1 aromatic carbocycles. The van der Waals surface area contributed by atoms with Crippen LogP contribution in [-0.4, -0.2) is 48.8 Å². The van der Waals surface area contributed by atoms with E-state index in [0.29, 0.717) is 41.8 Å². The van der Waals surface area contributed by atoms with Crippen LogP contribution in [0.3, 0.4) is 0 Å². The number of carbonyl (C=O) groups excluding carboxylic acids is 1. The average Bonchev–Trinajstić information content (AvgIpc) is 3.25. The van der Waals surface area contributed by atoms with Gasteiger partial charge in [0.2, 0.25) is 0 Å². The Kier molecular flexibility index (Phi) is 7.72. The van der Waals surface area contributed by atoms with Gasteiger partial charge in [0.25, 0.3) is 5.91 Å². The van der Waals surface area contributed by atoms with E-state index in [0.717, 1.165) is 31.4 Å². The third-order valence-corrected chi connectivity index (χ3v) is 5.04. The summed E-state index contributed by atoms with van der Waals surface area (Å²) in [5.74, 6) is 0.782. The largest absolute Gasteiger partial charge is 0.493 e. The lowest BCUT2D eigenvalue weighted by Crippen LogP contribution is -2.37. The smallest absolute Gasteiger partial charge is 0.254 e. The van der Waals surface area contributed by atoms with Crippen LogP contribution in [0.5, 0.6) is 11.5 Å². The van der Waals surface area contributed by atoms with Gasteiger partial charge in [-0.05, 0) is 43.0 Å². The number of halogens is 1. The van der Waals surface area contributed by atoms with Gasteiger partial charge in [-0.25, -0.2) is 0 Å². The van der Waals surface area contributed by atoms with E-state index in [-0.39, 0.29) is 12.0 Å². The molecule has 0 aliphatic carbocycles. The number of amides is 1. The van der Waals surface area contributed by atoms with Crippen LogP contribution in [0, 0.1) is 0 Å². The topological polar surface area (TPSA) is 60.9 Å². The molecule has 1 fully saturated rings. The minimum absolute atomic E-state index is 0.0418. The number of methoxy groups -OCH3 is 1. The van der Waals surface area contributed by atoms with Gasteiger partial charge in [-0.3, -0.25) is 9.78 Å². The first-order chi connectivity index (χ1) is 14.1. The Labute approximate surface area is 176 Å². The van der Waals surface area contributed by atoms with Crippen molar-refractivity contribution in [2.24, 2.45) is 0 Å². The Morgan fingerprint density at radius 2 is 2.28 bits per heavy atom. The maximum Gasteiger partial charge on any atom is 0.254 e. The minimum atomic E-state index is -0.133. The van der Waals surface area contributed by atoms with Crippen LogP contribution in [0.4, 0.5) is 0 Å². The molecule has 0 radical (unpaired) electrons. The zero-order valence-corrected chi connectivity index (χ0v) is 17.7. The summed E-state index contributed by atoms with van der Waals surface area (Å²) in [7, 11) is 1.54. The first-order valence-corrected chi connectivity index (χ1v) is 10.3. The van der Waals surface area contributed by atoms with Crippen molar-refractivity contribution in [2.45, 2.75) is 38.8 Å². The first kappa shape index (κ1) is 21.4. The van der Waals surface area contributed by atoms with Crippen LogP contribution >= 0.6 is 11.6 Å². The van der Waals surface area contributed by atoms with E-state index in [1.54, 1.807) is 36.5 Å². The van der Waals surface area contributed by atoms with Crippen molar-refractivity contribution in [2.75, 3.05) is 26.9 Å². The molecule has 0 bridgehead atoms. The zero-order chi connectivity index (χ0) is 20.6. The highest BCUT2D eigenvalue weighted by atomic mass is 35.5. The van der Waals surface area contributed by atoms with E-state index in [4.69, 9.17) is 25.8 Å². The van der Waals surface area contributed by atoms with Crippen molar-refractivity contribution < 1.29 is 19.0 Å². The molecule has 1 unspecified atom stereocenters. The number of nitrogens with zero attached hydrogens (tertiary/aromatic N) is 2. The molecule has 1 aliphatic rings. The molecule has 2 heterocycles. The number of pyridine rings is 1. The lowest BCUT2D eigenvalue weighted by atomic mass is 10.1. The van der Waals surface area contributed by atoms with E-state index in [1.165, 1.54) is 0 Å². The van der Waals surface area contributed by atoms with Gasteiger partial charge in [-0.1, -0.05) is 24.6 Å². The number of ether oxygens (including phenoxy) is 3. The third kappa shape index (κ3) is 5.61. The predicted octanol–water partition coefficient (Wildman–Crippen LogP) is 4.35. The lowest BCUT2D eigenvalue weighted by molar-refractivity contribution is 0.0507. The summed E-state index contributed by atoms with van der Waals surface area (Å²) in [6.07, 6.45) is 6.34. The van der Waals surface area contributed by atoms with Crippen LogP contribution in [-0.2, 0) is 11.3 Å². The Hall–Kier alpha value is -2.31. The standard InChI is InChI=1S/C22H27ClN2O4/c1-3-9-29-21-19(23)11-17(12-20(21)27-2)22(26)25(15-18-7-5-10-28-18)14-16-6-4-8-24-13-16/h4,6,8,11-13,18H,3,5,7,9-10,14-15H2,1-2H3. The van der Waals surface area contributed by atoms with Crippen molar-refractivity contribution in [3.8, 4) is 11.5 Å². The molecular weight excluding hydrogens is 392 g/mol. The van der Waals surface area contributed by atoms with Crippen LogP contribution < -0.4 is 9.47 Å². The number of hydrogen-bond acceptors (Lipinski definition) is 5. The Morgan fingerprint density at radius 1 is 1.41 bits per heavy atom. The van der Waals surface area contributed by atoms with Crippen LogP contribution in [0.25, 0.3) is 0 Å². The van der Waals surface area contributed by atoms with Gasteiger partial charge in [0.05, 0.1) is 24.8 Å². The van der Waals surface area contributed by atoms with Crippen LogP contribution in [0.2, 0.25) is 5.02 Å². The van der Waals surface area contributed by atoms with Crippen LogP contribution in [0.1, 0.15) is 42.1 Å². The summed E-state index contributed by atoms with van der Waals surface area (Å²) in [5.41, 5.74) is 1.41. The maximum atomic E-state index is 13.4. The molecule has 0 spiro atoms. The molecule has 0 saturated carbocycles. The summed E-state index contributed by atoms with van der Waals surface area (Å²) >= 11 is 6.42. The third-order valence-electron chi connectivity index (χ3n) is 4.76. The number of carbonyl (C=O) groups is 1. The molecule has 0 N–H and O–H groups in total. The normalized spacial score (nSPS) is 15.9. The van der Waals surface area contributed by atoms with Crippen molar-refractivity contribution in [3.05, 3.63) is 52.8 Å². The molecule has 1 amide bonds. The molecule has 3 rings (SSSR count). The van der Waals surface area contributed by atoms with Gasteiger partial charge < -0.3 is 19.1 Å². The van der Waals surface area contributed by atoms with Gasteiger partial charge in [-0.15, -0.1) is 0 Å². The molecular formula is C22H27ClN2O4. The fourth-order valence-corrected chi connectivity index (χ4v) is 3.60. The molecule has 6 nitrogen and oxygen atoms in total. The summed E-state index contributed by atoms with van der Waals surface area (Å²) in [6.45, 7) is 4.24. The van der Waals surface area contributed by atoms with Crippen molar-refractivity contribution in [1.29, 1.82) is 0 Å². The summed E-state index contributed by atoms with van der Waals surface area (Å²) < 4.78 is 16.9. The molecule has 1 aliphatic heterocycles. The number of benzene rings is 1. The molecule has 1 aromatic heterocycles. The van der Waals surface area contributed by atoms with E-state index in [1.807, 2.05) is 19.1 Å². The zero-order valence-electron chi connectivity index (χ0n) is 16.9.